The second kappa shape index (κ2) is 4.49. The van der Waals surface area contributed by atoms with E-state index < -0.39 is 0 Å². The third-order valence-electron chi connectivity index (χ3n) is 2.86. The van der Waals surface area contributed by atoms with Crippen LogP contribution in [0.1, 0.15) is 29.3 Å². The van der Waals surface area contributed by atoms with Gasteiger partial charge >= 0.3 is 0 Å². The van der Waals surface area contributed by atoms with E-state index >= 15 is 0 Å². The molecule has 1 aromatic rings. The maximum absolute atomic E-state index is 12.0. The molecule has 0 radical (unpaired) electrons. The van der Waals surface area contributed by atoms with Gasteiger partial charge in [0, 0.05) is 12.0 Å². The van der Waals surface area contributed by atoms with Crippen LogP contribution in [0.15, 0.2) is 24.3 Å². The standard InChI is InChI=1S/C13H13NO3/c1-2-10(15)8-14-12(16)7-9-5-3-4-6-11(9)13(14)17/h3-6H,2,7-8H2,1H3. The fourth-order valence-corrected chi connectivity index (χ4v) is 1.85. The fraction of sp³-hybridized carbons (Fsp3) is 0.308. The van der Waals surface area contributed by atoms with Crippen molar-refractivity contribution in [1.82, 2.24) is 4.90 Å². The van der Waals surface area contributed by atoms with Gasteiger partial charge < -0.3 is 0 Å². The third kappa shape index (κ3) is 2.11. The zero-order valence-electron chi connectivity index (χ0n) is 9.60. The molecule has 4 heteroatoms. The highest BCUT2D eigenvalue weighted by Gasteiger charge is 2.31. The van der Waals surface area contributed by atoms with Crippen LogP contribution >= 0.6 is 0 Å². The number of carbonyl (C=O) groups is 3. The van der Waals surface area contributed by atoms with Crippen molar-refractivity contribution in [2.75, 3.05) is 6.54 Å². The molecule has 17 heavy (non-hydrogen) atoms. The molecular formula is C13H13NO3. The summed E-state index contributed by atoms with van der Waals surface area (Å²) < 4.78 is 0. The van der Waals surface area contributed by atoms with Gasteiger partial charge in [-0.2, -0.15) is 0 Å². The Kier molecular flexibility index (Phi) is 3.04. The van der Waals surface area contributed by atoms with Gasteiger partial charge in [0.1, 0.15) is 0 Å². The first-order valence-corrected chi connectivity index (χ1v) is 5.57. The first-order valence-electron chi connectivity index (χ1n) is 5.57. The smallest absolute Gasteiger partial charge is 0.261 e. The van der Waals surface area contributed by atoms with Gasteiger partial charge in [0.15, 0.2) is 5.78 Å². The summed E-state index contributed by atoms with van der Waals surface area (Å²) in [4.78, 5) is 36.2. The first kappa shape index (κ1) is 11.5. The van der Waals surface area contributed by atoms with Gasteiger partial charge in [0.25, 0.3) is 5.91 Å². The minimum absolute atomic E-state index is 0.105. The van der Waals surface area contributed by atoms with E-state index in [-0.39, 0.29) is 30.6 Å². The Morgan fingerprint density at radius 2 is 2.00 bits per heavy atom. The van der Waals surface area contributed by atoms with Crippen molar-refractivity contribution in [3.05, 3.63) is 35.4 Å². The summed E-state index contributed by atoms with van der Waals surface area (Å²) in [7, 11) is 0. The molecule has 0 atom stereocenters. The summed E-state index contributed by atoms with van der Waals surface area (Å²) in [6.45, 7) is 1.61. The highest BCUT2D eigenvalue weighted by molar-refractivity contribution is 6.11. The quantitative estimate of drug-likeness (QED) is 0.734. The monoisotopic (exact) mass is 231 g/mol. The lowest BCUT2D eigenvalue weighted by molar-refractivity contribution is -0.132. The molecule has 4 nitrogen and oxygen atoms in total. The molecule has 1 aliphatic heterocycles. The number of amides is 2. The number of fused-ring (bicyclic) bond motifs is 1. The number of benzene rings is 1. The predicted octanol–water partition coefficient (Wildman–Crippen LogP) is 1.19. The third-order valence-corrected chi connectivity index (χ3v) is 2.86. The molecule has 1 aromatic carbocycles. The SMILES string of the molecule is CCC(=O)CN1C(=O)Cc2ccccc2C1=O. The van der Waals surface area contributed by atoms with Gasteiger partial charge in [-0.3, -0.25) is 19.3 Å². The van der Waals surface area contributed by atoms with Crippen LogP contribution in [0, 0.1) is 0 Å². The molecule has 0 saturated carbocycles. The Labute approximate surface area is 99.2 Å². The van der Waals surface area contributed by atoms with Crippen LogP contribution in [0.3, 0.4) is 0 Å². The summed E-state index contributed by atoms with van der Waals surface area (Å²) in [5.74, 6) is -0.764. The average Bonchev–Trinajstić information content (AvgIpc) is 2.34. The number of rotatable bonds is 3. The summed E-state index contributed by atoms with van der Waals surface area (Å²) in [6.07, 6.45) is 0.525. The zero-order chi connectivity index (χ0) is 12.4. The molecule has 2 rings (SSSR count). The number of imide groups is 1. The van der Waals surface area contributed by atoms with E-state index in [0.29, 0.717) is 12.0 Å². The van der Waals surface area contributed by atoms with Crippen molar-refractivity contribution in [2.24, 2.45) is 0 Å². The molecule has 1 heterocycles. The number of hydrogen-bond acceptors (Lipinski definition) is 3. The Morgan fingerprint density at radius 1 is 1.29 bits per heavy atom. The van der Waals surface area contributed by atoms with Gasteiger partial charge in [-0.25, -0.2) is 0 Å². The van der Waals surface area contributed by atoms with Crippen molar-refractivity contribution in [3.8, 4) is 0 Å². The van der Waals surface area contributed by atoms with E-state index in [2.05, 4.69) is 0 Å². The van der Waals surface area contributed by atoms with Crippen LogP contribution in [-0.4, -0.2) is 29.0 Å². The number of nitrogens with zero attached hydrogens (tertiary/aromatic N) is 1. The van der Waals surface area contributed by atoms with E-state index in [4.69, 9.17) is 0 Å². The van der Waals surface area contributed by atoms with E-state index in [1.807, 2.05) is 0 Å². The Balaban J connectivity index is 2.30. The maximum Gasteiger partial charge on any atom is 0.261 e. The lowest BCUT2D eigenvalue weighted by atomic mass is 9.98. The summed E-state index contributed by atoms with van der Waals surface area (Å²) in [6, 6.07) is 7.01. The number of hydrogen-bond donors (Lipinski definition) is 0. The normalized spacial score (nSPS) is 14.8. The molecule has 0 spiro atoms. The fourth-order valence-electron chi connectivity index (χ4n) is 1.85. The Bertz CT molecular complexity index is 493. The lowest BCUT2D eigenvalue weighted by Gasteiger charge is -2.25. The van der Waals surface area contributed by atoms with E-state index in [9.17, 15) is 14.4 Å². The van der Waals surface area contributed by atoms with Crippen LogP contribution < -0.4 is 0 Å². The van der Waals surface area contributed by atoms with Crippen molar-refractivity contribution >= 4 is 17.6 Å². The minimum atomic E-state index is -0.362. The maximum atomic E-state index is 12.0. The Hall–Kier alpha value is -1.97. The highest BCUT2D eigenvalue weighted by Crippen LogP contribution is 2.19. The lowest BCUT2D eigenvalue weighted by Crippen LogP contribution is -2.44. The van der Waals surface area contributed by atoms with Crippen LogP contribution in [0.2, 0.25) is 0 Å². The Morgan fingerprint density at radius 3 is 2.71 bits per heavy atom. The molecular weight excluding hydrogens is 218 g/mol. The van der Waals surface area contributed by atoms with Gasteiger partial charge in [0.2, 0.25) is 5.91 Å². The van der Waals surface area contributed by atoms with Gasteiger partial charge in [-0.1, -0.05) is 25.1 Å². The molecule has 0 saturated heterocycles. The van der Waals surface area contributed by atoms with Crippen LogP contribution in [0.4, 0.5) is 0 Å². The molecule has 0 fully saturated rings. The summed E-state index contributed by atoms with van der Waals surface area (Å²) in [5.41, 5.74) is 1.26. The second-order valence-corrected chi connectivity index (χ2v) is 4.01. The zero-order valence-corrected chi connectivity index (χ0v) is 9.60. The van der Waals surface area contributed by atoms with E-state index in [1.165, 1.54) is 0 Å². The average molecular weight is 231 g/mol. The van der Waals surface area contributed by atoms with E-state index in [0.717, 1.165) is 10.5 Å². The number of Topliss-reactive ketones (excluding diaryl/α,β-unsaturated/α-hetero) is 1. The van der Waals surface area contributed by atoms with Crippen molar-refractivity contribution in [1.29, 1.82) is 0 Å². The van der Waals surface area contributed by atoms with Gasteiger partial charge in [-0.15, -0.1) is 0 Å². The molecule has 0 aliphatic carbocycles. The van der Waals surface area contributed by atoms with Crippen LogP contribution in [-0.2, 0) is 16.0 Å². The molecule has 88 valence electrons. The highest BCUT2D eigenvalue weighted by atomic mass is 16.2. The largest absolute Gasteiger partial charge is 0.298 e. The van der Waals surface area contributed by atoms with Crippen molar-refractivity contribution < 1.29 is 14.4 Å². The van der Waals surface area contributed by atoms with Crippen molar-refractivity contribution in [2.45, 2.75) is 19.8 Å². The van der Waals surface area contributed by atoms with Gasteiger partial charge in [-0.05, 0) is 11.6 Å². The topological polar surface area (TPSA) is 54.5 Å². The predicted molar refractivity (Wildman–Crippen MR) is 61.5 cm³/mol. The first-order chi connectivity index (χ1) is 8.13. The summed E-state index contributed by atoms with van der Waals surface area (Å²) in [5, 5.41) is 0. The number of ketones is 1. The number of carbonyl (C=O) groups excluding carboxylic acids is 3. The molecule has 2 amide bonds. The molecule has 0 bridgehead atoms. The second-order valence-electron chi connectivity index (χ2n) is 4.01. The van der Waals surface area contributed by atoms with E-state index in [1.54, 1.807) is 31.2 Å². The minimum Gasteiger partial charge on any atom is -0.298 e. The molecule has 0 unspecified atom stereocenters. The van der Waals surface area contributed by atoms with Gasteiger partial charge in [0.05, 0.1) is 13.0 Å². The van der Waals surface area contributed by atoms with Crippen LogP contribution in [0.5, 0.6) is 0 Å². The molecule has 0 aromatic heterocycles. The van der Waals surface area contributed by atoms with Crippen LogP contribution in [0.25, 0.3) is 0 Å². The molecule has 1 aliphatic rings. The molecule has 0 N–H and O–H groups in total. The summed E-state index contributed by atoms with van der Waals surface area (Å²) >= 11 is 0. The van der Waals surface area contributed by atoms with Crippen molar-refractivity contribution in [3.63, 3.8) is 0 Å².